The lowest BCUT2D eigenvalue weighted by Crippen LogP contribution is -2.24. The normalized spacial score (nSPS) is 11.3. The summed E-state index contributed by atoms with van der Waals surface area (Å²) in [5.41, 5.74) is 0.376. The van der Waals surface area contributed by atoms with Crippen LogP contribution in [0.15, 0.2) is 36.4 Å². The van der Waals surface area contributed by atoms with Gasteiger partial charge in [0.15, 0.2) is 0 Å². The number of carbonyl (C=O) groups is 1. The first kappa shape index (κ1) is 21.0. The van der Waals surface area contributed by atoms with E-state index in [2.05, 4.69) is 5.32 Å². The molecule has 2 aromatic rings. The maximum atomic E-state index is 11.3. The van der Waals surface area contributed by atoms with Crippen molar-refractivity contribution in [3.05, 3.63) is 57.1 Å². The van der Waals surface area contributed by atoms with Gasteiger partial charge < -0.3 is 19.9 Å². The van der Waals surface area contributed by atoms with Gasteiger partial charge >= 0.3 is 5.97 Å². The van der Waals surface area contributed by atoms with Crippen molar-refractivity contribution in [2.45, 2.75) is 13.0 Å². The maximum Gasteiger partial charge on any atom is 0.329 e. The van der Waals surface area contributed by atoms with Crippen LogP contribution in [0, 0.1) is 21.4 Å². The summed E-state index contributed by atoms with van der Waals surface area (Å²) in [4.78, 5) is 21.2. The Morgan fingerprint density at radius 3 is 2.75 bits per heavy atom. The summed E-state index contributed by atoms with van der Waals surface area (Å²) in [6.45, 7) is 1.26. The molecule has 0 spiro atoms. The maximum absolute atomic E-state index is 11.3. The first-order valence-corrected chi connectivity index (χ1v) is 8.40. The molecule has 0 saturated carbocycles. The molecule has 1 atom stereocenters. The molecule has 0 fully saturated rings. The second-order valence-electron chi connectivity index (χ2n) is 5.75. The van der Waals surface area contributed by atoms with Crippen molar-refractivity contribution in [1.82, 2.24) is 0 Å². The fraction of sp³-hybridized carbons (Fsp3) is 0.222. The van der Waals surface area contributed by atoms with Gasteiger partial charge in [0.05, 0.1) is 28.2 Å². The Morgan fingerprint density at radius 1 is 1.39 bits per heavy atom. The number of nitrogens with one attached hydrogen (secondary N) is 1. The lowest BCUT2D eigenvalue weighted by atomic mass is 10.2. The number of nitro benzene ring substituents is 1. The molecule has 2 rings (SSSR count). The van der Waals surface area contributed by atoms with Gasteiger partial charge in [-0.1, -0.05) is 11.6 Å². The number of benzene rings is 2. The van der Waals surface area contributed by atoms with Crippen LogP contribution in [0.3, 0.4) is 0 Å². The van der Waals surface area contributed by atoms with Crippen LogP contribution in [-0.2, 0) is 9.53 Å². The van der Waals surface area contributed by atoms with Gasteiger partial charge in [0.25, 0.3) is 5.69 Å². The zero-order valence-corrected chi connectivity index (χ0v) is 15.5. The highest BCUT2D eigenvalue weighted by Crippen LogP contribution is 2.34. The molecule has 0 aliphatic carbocycles. The summed E-state index contributed by atoms with van der Waals surface area (Å²) in [7, 11) is 0. The van der Waals surface area contributed by atoms with Crippen molar-refractivity contribution in [2.24, 2.45) is 0 Å². The van der Waals surface area contributed by atoms with Gasteiger partial charge in [-0.2, -0.15) is 5.26 Å². The van der Waals surface area contributed by atoms with Gasteiger partial charge in [0.1, 0.15) is 23.8 Å². The quantitative estimate of drug-likeness (QED) is 0.474. The second kappa shape index (κ2) is 9.55. The highest BCUT2D eigenvalue weighted by Gasteiger charge is 2.17. The topological polar surface area (TPSA) is 135 Å². The Kier molecular flexibility index (Phi) is 7.14. The Labute approximate surface area is 165 Å². The average molecular weight is 406 g/mol. The SMILES string of the molecule is CC(COCC(=O)O)Nc1cc(Oc2ccc(C#N)cc2Cl)ccc1[N+](=O)[O-]. The molecule has 1 unspecified atom stereocenters. The number of halogens is 1. The van der Waals surface area contributed by atoms with Crippen molar-refractivity contribution in [3.63, 3.8) is 0 Å². The third-order valence-corrected chi connectivity index (χ3v) is 3.74. The van der Waals surface area contributed by atoms with Gasteiger partial charge in [-0.05, 0) is 31.2 Å². The van der Waals surface area contributed by atoms with E-state index in [1.54, 1.807) is 6.92 Å². The molecule has 0 aliphatic heterocycles. The van der Waals surface area contributed by atoms with Crippen LogP contribution in [-0.4, -0.2) is 35.3 Å². The number of nitriles is 1. The summed E-state index contributed by atoms with van der Waals surface area (Å²) in [6.07, 6.45) is 0. The smallest absolute Gasteiger partial charge is 0.329 e. The van der Waals surface area contributed by atoms with E-state index in [9.17, 15) is 14.9 Å². The molecule has 10 heteroatoms. The highest BCUT2D eigenvalue weighted by molar-refractivity contribution is 6.32. The van der Waals surface area contributed by atoms with E-state index in [-0.39, 0.29) is 23.0 Å². The van der Waals surface area contributed by atoms with E-state index in [4.69, 9.17) is 31.4 Å². The van der Waals surface area contributed by atoms with Crippen molar-refractivity contribution < 1.29 is 24.3 Å². The van der Waals surface area contributed by atoms with E-state index in [1.165, 1.54) is 36.4 Å². The van der Waals surface area contributed by atoms with E-state index in [0.717, 1.165) is 0 Å². The fourth-order valence-electron chi connectivity index (χ4n) is 2.26. The minimum absolute atomic E-state index is 0.0377. The molecule has 0 aromatic heterocycles. The number of anilines is 1. The number of carboxylic acids is 1. The molecule has 2 aromatic carbocycles. The monoisotopic (exact) mass is 405 g/mol. The molecular weight excluding hydrogens is 390 g/mol. The number of rotatable bonds is 9. The summed E-state index contributed by atoms with van der Waals surface area (Å²) in [6, 6.07) is 10.2. The Hall–Kier alpha value is -3.35. The van der Waals surface area contributed by atoms with Gasteiger partial charge in [-0.25, -0.2) is 4.79 Å². The largest absolute Gasteiger partial charge is 0.480 e. The lowest BCUT2D eigenvalue weighted by molar-refractivity contribution is -0.384. The third kappa shape index (κ3) is 5.84. The number of hydrogen-bond acceptors (Lipinski definition) is 7. The lowest BCUT2D eigenvalue weighted by Gasteiger charge is -2.16. The van der Waals surface area contributed by atoms with E-state index < -0.39 is 23.5 Å². The molecule has 146 valence electrons. The molecule has 0 amide bonds. The molecule has 0 aliphatic rings. The number of carboxylic acid groups (broad SMARTS) is 1. The molecular formula is C18H16ClN3O6. The Morgan fingerprint density at radius 2 is 2.14 bits per heavy atom. The third-order valence-electron chi connectivity index (χ3n) is 3.45. The summed E-state index contributed by atoms with van der Waals surface area (Å²) >= 11 is 6.08. The number of nitrogens with zero attached hydrogens (tertiary/aromatic N) is 2. The number of ether oxygens (including phenoxy) is 2. The van der Waals surface area contributed by atoms with Crippen LogP contribution in [0.2, 0.25) is 5.02 Å². The first-order chi connectivity index (χ1) is 13.3. The highest BCUT2D eigenvalue weighted by atomic mass is 35.5. The van der Waals surface area contributed by atoms with Gasteiger partial charge in [-0.3, -0.25) is 10.1 Å². The standard InChI is InChI=1S/C18H16ClN3O6/c1-11(9-27-10-18(23)24)21-15-7-13(3-4-16(15)22(25)26)28-17-5-2-12(8-20)6-14(17)19/h2-7,11,21H,9-10H2,1H3,(H,23,24). The van der Waals surface area contributed by atoms with Crippen molar-refractivity contribution in [2.75, 3.05) is 18.5 Å². The van der Waals surface area contributed by atoms with Crippen LogP contribution in [0.1, 0.15) is 12.5 Å². The minimum atomic E-state index is -1.10. The van der Waals surface area contributed by atoms with E-state index in [0.29, 0.717) is 17.1 Å². The molecule has 0 bridgehead atoms. The van der Waals surface area contributed by atoms with Gasteiger partial charge in [-0.15, -0.1) is 0 Å². The van der Waals surface area contributed by atoms with Gasteiger partial charge in [0.2, 0.25) is 0 Å². The predicted molar refractivity (Wildman–Crippen MR) is 101 cm³/mol. The molecule has 2 N–H and O–H groups in total. The molecule has 28 heavy (non-hydrogen) atoms. The molecule has 9 nitrogen and oxygen atoms in total. The van der Waals surface area contributed by atoms with Gasteiger partial charge in [0, 0.05) is 18.2 Å². The average Bonchev–Trinajstić information content (AvgIpc) is 2.63. The number of aliphatic carboxylic acids is 1. The van der Waals surface area contributed by atoms with Crippen LogP contribution >= 0.6 is 11.6 Å². The predicted octanol–water partition coefficient (Wildman–Crippen LogP) is 3.81. The van der Waals surface area contributed by atoms with Crippen LogP contribution in [0.25, 0.3) is 0 Å². The van der Waals surface area contributed by atoms with Crippen LogP contribution in [0.4, 0.5) is 11.4 Å². The van der Waals surface area contributed by atoms with E-state index in [1.807, 2.05) is 6.07 Å². The molecule has 0 radical (unpaired) electrons. The van der Waals surface area contributed by atoms with Crippen LogP contribution in [0.5, 0.6) is 11.5 Å². The van der Waals surface area contributed by atoms with Crippen LogP contribution < -0.4 is 10.1 Å². The summed E-state index contributed by atoms with van der Waals surface area (Å²) < 4.78 is 10.7. The zero-order valence-electron chi connectivity index (χ0n) is 14.7. The number of hydrogen-bond donors (Lipinski definition) is 2. The fourth-order valence-corrected chi connectivity index (χ4v) is 2.48. The Bertz CT molecular complexity index is 928. The van der Waals surface area contributed by atoms with Crippen molar-refractivity contribution in [3.8, 4) is 17.6 Å². The first-order valence-electron chi connectivity index (χ1n) is 8.02. The zero-order chi connectivity index (χ0) is 20.7. The van der Waals surface area contributed by atoms with Crippen molar-refractivity contribution >= 4 is 28.9 Å². The molecule has 0 saturated heterocycles. The summed E-state index contributed by atoms with van der Waals surface area (Å²) in [5, 5.41) is 31.9. The number of nitro groups is 1. The summed E-state index contributed by atoms with van der Waals surface area (Å²) in [5.74, 6) is -0.524. The van der Waals surface area contributed by atoms with E-state index >= 15 is 0 Å². The molecule has 0 heterocycles. The van der Waals surface area contributed by atoms with Crippen molar-refractivity contribution in [1.29, 1.82) is 5.26 Å². The second-order valence-corrected chi connectivity index (χ2v) is 6.16. The Balaban J connectivity index is 2.19. The minimum Gasteiger partial charge on any atom is -0.480 e.